The number of carboxylic acids is 1. The van der Waals surface area contributed by atoms with Crippen LogP contribution in [0.3, 0.4) is 0 Å². The Balaban J connectivity index is 1.71. The van der Waals surface area contributed by atoms with Gasteiger partial charge in [0.2, 0.25) is 0 Å². The van der Waals surface area contributed by atoms with Gasteiger partial charge in [-0.05, 0) is 50.7 Å². The van der Waals surface area contributed by atoms with E-state index in [0.717, 1.165) is 35.6 Å². The highest BCUT2D eigenvalue weighted by atomic mass is 35.5. The van der Waals surface area contributed by atoms with E-state index in [4.69, 9.17) is 11.6 Å². The Hall–Kier alpha value is -1.86. The molecule has 1 fully saturated rings. The first-order valence-corrected chi connectivity index (χ1v) is 9.56. The maximum Gasteiger partial charge on any atom is 0.320 e. The van der Waals surface area contributed by atoms with Crippen molar-refractivity contribution >= 4 is 46.8 Å². The van der Waals surface area contributed by atoms with Crippen molar-refractivity contribution in [2.45, 2.75) is 48.2 Å². The van der Waals surface area contributed by atoms with Gasteiger partial charge in [-0.1, -0.05) is 11.6 Å². The van der Waals surface area contributed by atoms with Crippen LogP contribution in [0.2, 0.25) is 5.02 Å². The van der Waals surface area contributed by atoms with E-state index in [1.807, 2.05) is 0 Å². The number of imide groups is 1. The minimum absolute atomic E-state index is 0.0700. The first-order chi connectivity index (χ1) is 12.3. The third kappa shape index (κ3) is 2.65. The van der Waals surface area contributed by atoms with E-state index in [9.17, 15) is 23.9 Å². The lowest BCUT2D eigenvalue weighted by Crippen LogP contribution is -2.32. The van der Waals surface area contributed by atoms with Crippen LogP contribution in [0.5, 0.6) is 0 Å². The number of carboxylic acid groups (broad SMARTS) is 1. The summed E-state index contributed by atoms with van der Waals surface area (Å²) in [6, 6.07) is 2.36. The zero-order valence-corrected chi connectivity index (χ0v) is 15.3. The average Bonchev–Trinajstić information content (AvgIpc) is 3.35. The van der Waals surface area contributed by atoms with Crippen LogP contribution in [0.25, 0.3) is 0 Å². The molecule has 1 heterocycles. The molecular weight excluding hydrogens is 381 g/mol. The summed E-state index contributed by atoms with van der Waals surface area (Å²) in [6.45, 7) is 0. The monoisotopic (exact) mass is 395 g/mol. The Bertz CT molecular complexity index is 865. The molecule has 1 aromatic rings. The molecule has 0 unspecified atom stereocenters. The Labute approximate surface area is 158 Å². The predicted molar refractivity (Wildman–Crippen MR) is 94.9 cm³/mol. The van der Waals surface area contributed by atoms with Gasteiger partial charge in [-0.15, -0.1) is 11.8 Å². The quantitative estimate of drug-likeness (QED) is 0.782. The molecule has 0 radical (unpaired) electrons. The number of halogens is 2. The van der Waals surface area contributed by atoms with E-state index in [1.54, 1.807) is 0 Å². The molecule has 3 aliphatic rings. The maximum absolute atomic E-state index is 14.5. The SMILES string of the molecule is O=C1C2=C(CCCC2)C(=O)N1c1cc(SC2(C(=O)O)CC2)c(Cl)cc1F. The summed E-state index contributed by atoms with van der Waals surface area (Å²) in [5.41, 5.74) is 0.769. The summed E-state index contributed by atoms with van der Waals surface area (Å²) in [7, 11) is 0. The fourth-order valence-electron chi connectivity index (χ4n) is 3.41. The largest absolute Gasteiger partial charge is 0.480 e. The number of hydrogen-bond donors (Lipinski definition) is 1. The number of nitrogens with zero attached hydrogens (tertiary/aromatic N) is 1. The van der Waals surface area contributed by atoms with Crippen LogP contribution in [-0.4, -0.2) is 27.6 Å². The lowest BCUT2D eigenvalue weighted by Gasteiger charge is -2.19. The number of aliphatic carboxylic acids is 1. The summed E-state index contributed by atoms with van der Waals surface area (Å²) in [6.07, 6.45) is 3.69. The normalized spacial score (nSPS) is 21.2. The fraction of sp³-hybridized carbons (Fsp3) is 0.389. The minimum atomic E-state index is -0.963. The summed E-state index contributed by atoms with van der Waals surface area (Å²) in [4.78, 5) is 37.9. The predicted octanol–water partition coefficient (Wildman–Crippen LogP) is 3.93. The molecular formula is C18H15ClFNO4S. The van der Waals surface area contributed by atoms with E-state index in [2.05, 4.69) is 0 Å². The Kier molecular flexibility index (Phi) is 4.11. The number of carbonyl (C=O) groups excluding carboxylic acids is 2. The number of anilines is 1. The van der Waals surface area contributed by atoms with Crippen molar-refractivity contribution in [1.29, 1.82) is 0 Å². The van der Waals surface area contributed by atoms with Gasteiger partial charge in [-0.25, -0.2) is 9.29 Å². The molecule has 4 rings (SSSR count). The van der Waals surface area contributed by atoms with Crippen LogP contribution in [-0.2, 0) is 14.4 Å². The molecule has 1 saturated carbocycles. The van der Waals surface area contributed by atoms with Crippen molar-refractivity contribution < 1.29 is 23.9 Å². The fourth-order valence-corrected chi connectivity index (χ4v) is 4.82. The van der Waals surface area contributed by atoms with Crippen molar-refractivity contribution in [1.82, 2.24) is 0 Å². The smallest absolute Gasteiger partial charge is 0.320 e. The number of carbonyl (C=O) groups is 3. The first kappa shape index (κ1) is 17.5. The van der Waals surface area contributed by atoms with Gasteiger partial charge in [0, 0.05) is 16.0 Å². The minimum Gasteiger partial charge on any atom is -0.480 e. The van der Waals surface area contributed by atoms with Gasteiger partial charge >= 0.3 is 5.97 Å². The van der Waals surface area contributed by atoms with Crippen LogP contribution >= 0.6 is 23.4 Å². The molecule has 0 bridgehead atoms. The summed E-state index contributed by atoms with van der Waals surface area (Å²) in [5.74, 6) is -2.70. The van der Waals surface area contributed by atoms with Crippen molar-refractivity contribution in [3.05, 3.63) is 34.1 Å². The number of benzene rings is 1. The van der Waals surface area contributed by atoms with Gasteiger partial charge in [-0.3, -0.25) is 14.4 Å². The second-order valence-electron chi connectivity index (χ2n) is 6.75. The van der Waals surface area contributed by atoms with Crippen LogP contribution < -0.4 is 4.90 Å². The summed E-state index contributed by atoms with van der Waals surface area (Å²) >= 11 is 7.13. The number of rotatable bonds is 4. The summed E-state index contributed by atoms with van der Waals surface area (Å²) < 4.78 is 13.6. The maximum atomic E-state index is 14.5. The molecule has 0 spiro atoms. The van der Waals surface area contributed by atoms with E-state index in [1.165, 1.54) is 6.07 Å². The molecule has 1 aliphatic heterocycles. The second-order valence-corrected chi connectivity index (χ2v) is 8.58. The third-order valence-electron chi connectivity index (χ3n) is 5.03. The Morgan fingerprint density at radius 2 is 1.73 bits per heavy atom. The molecule has 0 aromatic heterocycles. The molecule has 0 saturated heterocycles. The number of hydrogen-bond acceptors (Lipinski definition) is 4. The highest BCUT2D eigenvalue weighted by Gasteiger charge is 2.52. The van der Waals surface area contributed by atoms with E-state index in [-0.39, 0.29) is 10.7 Å². The topological polar surface area (TPSA) is 74.7 Å². The Morgan fingerprint density at radius 3 is 2.23 bits per heavy atom. The molecule has 26 heavy (non-hydrogen) atoms. The van der Waals surface area contributed by atoms with Gasteiger partial charge in [0.05, 0.1) is 10.7 Å². The molecule has 1 aromatic carbocycles. The van der Waals surface area contributed by atoms with E-state index in [0.29, 0.717) is 41.7 Å². The van der Waals surface area contributed by atoms with Gasteiger partial charge in [0.1, 0.15) is 10.6 Å². The zero-order chi connectivity index (χ0) is 18.6. The van der Waals surface area contributed by atoms with Gasteiger partial charge in [0.15, 0.2) is 0 Å². The highest BCUT2D eigenvalue weighted by molar-refractivity contribution is 8.01. The van der Waals surface area contributed by atoms with Crippen molar-refractivity contribution in [3.8, 4) is 0 Å². The lowest BCUT2D eigenvalue weighted by atomic mass is 9.93. The van der Waals surface area contributed by atoms with Gasteiger partial charge < -0.3 is 5.11 Å². The van der Waals surface area contributed by atoms with Gasteiger partial charge in [-0.2, -0.15) is 0 Å². The van der Waals surface area contributed by atoms with Crippen LogP contribution in [0.4, 0.5) is 10.1 Å². The number of thioether (sulfide) groups is 1. The average molecular weight is 396 g/mol. The second kappa shape index (κ2) is 6.09. The molecule has 2 amide bonds. The Morgan fingerprint density at radius 1 is 1.15 bits per heavy atom. The zero-order valence-electron chi connectivity index (χ0n) is 13.7. The lowest BCUT2D eigenvalue weighted by molar-refractivity contribution is -0.137. The summed E-state index contributed by atoms with van der Waals surface area (Å²) in [5, 5.41) is 9.42. The van der Waals surface area contributed by atoms with Crippen molar-refractivity contribution in [2.24, 2.45) is 0 Å². The van der Waals surface area contributed by atoms with Crippen molar-refractivity contribution in [2.75, 3.05) is 4.90 Å². The first-order valence-electron chi connectivity index (χ1n) is 8.36. The number of amides is 2. The standard InChI is InChI=1S/C18H15ClFNO4S/c19-11-7-12(20)13(8-14(11)26-18(5-6-18)17(24)25)21-15(22)9-3-1-2-4-10(9)16(21)23/h7-8H,1-6H2,(H,24,25). The van der Waals surface area contributed by atoms with Crippen LogP contribution in [0.1, 0.15) is 38.5 Å². The molecule has 0 atom stereocenters. The molecule has 136 valence electrons. The van der Waals surface area contributed by atoms with E-state index >= 15 is 0 Å². The third-order valence-corrected chi connectivity index (χ3v) is 6.99. The van der Waals surface area contributed by atoms with Crippen LogP contribution in [0.15, 0.2) is 28.2 Å². The molecule has 5 nitrogen and oxygen atoms in total. The van der Waals surface area contributed by atoms with Crippen LogP contribution in [0, 0.1) is 5.82 Å². The van der Waals surface area contributed by atoms with E-state index < -0.39 is 28.3 Å². The molecule has 1 N–H and O–H groups in total. The molecule has 8 heteroatoms. The van der Waals surface area contributed by atoms with Gasteiger partial charge in [0.25, 0.3) is 11.8 Å². The van der Waals surface area contributed by atoms with Crippen molar-refractivity contribution in [3.63, 3.8) is 0 Å². The molecule has 2 aliphatic carbocycles. The highest BCUT2D eigenvalue weighted by Crippen LogP contribution is 2.54.